The van der Waals surface area contributed by atoms with E-state index < -0.39 is 0 Å². The molecule has 0 heterocycles. The van der Waals surface area contributed by atoms with Crippen molar-refractivity contribution >= 4 is 5.91 Å². The van der Waals surface area contributed by atoms with Crippen molar-refractivity contribution in [2.45, 2.75) is 51.1 Å². The molecule has 3 nitrogen and oxygen atoms in total. The zero-order valence-electron chi connectivity index (χ0n) is 8.88. The van der Waals surface area contributed by atoms with Gasteiger partial charge in [0, 0.05) is 12.1 Å². The highest BCUT2D eigenvalue weighted by molar-refractivity contribution is 5.78. The first kappa shape index (κ1) is 9.97. The Morgan fingerprint density at radius 1 is 1.21 bits per heavy atom. The molecule has 0 spiro atoms. The molecule has 0 bridgehead atoms. The molecule has 0 aliphatic heterocycles. The average molecular weight is 196 g/mol. The first-order chi connectivity index (χ1) is 6.74. The zero-order chi connectivity index (χ0) is 9.97. The molecule has 2 aliphatic rings. The van der Waals surface area contributed by atoms with Crippen molar-refractivity contribution in [2.24, 2.45) is 5.92 Å². The van der Waals surface area contributed by atoms with Crippen LogP contribution >= 0.6 is 0 Å². The van der Waals surface area contributed by atoms with E-state index in [4.69, 9.17) is 0 Å². The zero-order valence-corrected chi connectivity index (χ0v) is 8.88. The Morgan fingerprint density at radius 2 is 1.93 bits per heavy atom. The van der Waals surface area contributed by atoms with Crippen LogP contribution in [0, 0.1) is 5.92 Å². The van der Waals surface area contributed by atoms with Gasteiger partial charge in [-0.1, -0.05) is 6.92 Å². The van der Waals surface area contributed by atoms with Gasteiger partial charge in [-0.3, -0.25) is 4.79 Å². The van der Waals surface area contributed by atoms with Gasteiger partial charge in [-0.05, 0) is 38.0 Å². The predicted molar refractivity (Wildman–Crippen MR) is 56.0 cm³/mol. The summed E-state index contributed by atoms with van der Waals surface area (Å²) in [5.74, 6) is 1.01. The maximum Gasteiger partial charge on any atom is 0.234 e. The molecule has 0 saturated heterocycles. The summed E-state index contributed by atoms with van der Waals surface area (Å²) in [6, 6.07) is 1.07. The number of hydrogen-bond donors (Lipinski definition) is 2. The van der Waals surface area contributed by atoms with Crippen molar-refractivity contribution in [3.05, 3.63) is 0 Å². The molecule has 14 heavy (non-hydrogen) atoms. The largest absolute Gasteiger partial charge is 0.352 e. The van der Waals surface area contributed by atoms with E-state index >= 15 is 0 Å². The van der Waals surface area contributed by atoms with Gasteiger partial charge >= 0.3 is 0 Å². The van der Waals surface area contributed by atoms with Crippen LogP contribution in [0.4, 0.5) is 0 Å². The molecule has 0 aromatic rings. The Bertz CT molecular complexity index is 213. The Kier molecular flexibility index (Phi) is 3.06. The van der Waals surface area contributed by atoms with Crippen LogP contribution in [0.1, 0.15) is 39.0 Å². The third-order valence-electron chi connectivity index (χ3n) is 3.19. The fourth-order valence-corrected chi connectivity index (χ4v) is 2.14. The summed E-state index contributed by atoms with van der Waals surface area (Å²) in [6.07, 6.45) is 6.12. The van der Waals surface area contributed by atoms with Crippen LogP contribution in [0.25, 0.3) is 0 Å². The molecular formula is C11H20N2O. The van der Waals surface area contributed by atoms with E-state index in [1.54, 1.807) is 0 Å². The van der Waals surface area contributed by atoms with Crippen molar-refractivity contribution in [3.63, 3.8) is 0 Å². The third kappa shape index (κ3) is 2.98. The van der Waals surface area contributed by atoms with E-state index in [1.807, 2.05) is 0 Å². The third-order valence-corrected chi connectivity index (χ3v) is 3.19. The summed E-state index contributed by atoms with van der Waals surface area (Å²) in [5, 5.41) is 6.32. The minimum absolute atomic E-state index is 0.173. The highest BCUT2D eigenvalue weighted by Crippen LogP contribution is 2.24. The number of carbonyl (C=O) groups is 1. The van der Waals surface area contributed by atoms with Crippen LogP contribution in [0.3, 0.4) is 0 Å². The number of rotatable bonds is 4. The lowest BCUT2D eigenvalue weighted by Gasteiger charge is -2.11. The topological polar surface area (TPSA) is 41.1 Å². The van der Waals surface area contributed by atoms with Gasteiger partial charge in [-0.2, -0.15) is 0 Å². The summed E-state index contributed by atoms with van der Waals surface area (Å²) in [7, 11) is 0. The van der Waals surface area contributed by atoms with Crippen molar-refractivity contribution in [2.75, 3.05) is 6.54 Å². The van der Waals surface area contributed by atoms with Crippen molar-refractivity contribution in [1.29, 1.82) is 0 Å². The summed E-state index contributed by atoms with van der Waals surface area (Å²) >= 11 is 0. The SMILES string of the molecule is CC1CCC(NCC(=O)NC2CC2)C1. The normalized spacial score (nSPS) is 31.8. The lowest BCUT2D eigenvalue weighted by Crippen LogP contribution is -2.39. The number of amides is 1. The van der Waals surface area contributed by atoms with Gasteiger partial charge in [0.15, 0.2) is 0 Å². The van der Waals surface area contributed by atoms with Crippen LogP contribution in [0.5, 0.6) is 0 Å². The molecule has 2 rings (SSSR count). The fraction of sp³-hybridized carbons (Fsp3) is 0.909. The second-order valence-electron chi connectivity index (χ2n) is 4.84. The summed E-state index contributed by atoms with van der Waals surface area (Å²) < 4.78 is 0. The minimum atomic E-state index is 0.173. The molecule has 2 atom stereocenters. The number of nitrogens with one attached hydrogen (secondary N) is 2. The molecule has 2 aliphatic carbocycles. The Hall–Kier alpha value is -0.570. The monoisotopic (exact) mass is 196 g/mol. The lowest BCUT2D eigenvalue weighted by atomic mass is 10.1. The van der Waals surface area contributed by atoms with Crippen molar-refractivity contribution < 1.29 is 4.79 Å². The molecule has 0 aromatic carbocycles. The van der Waals surface area contributed by atoms with E-state index in [0.29, 0.717) is 18.6 Å². The molecule has 2 fully saturated rings. The highest BCUT2D eigenvalue weighted by Gasteiger charge is 2.24. The molecule has 0 radical (unpaired) electrons. The molecule has 0 aromatic heterocycles. The first-order valence-corrected chi connectivity index (χ1v) is 5.77. The van der Waals surface area contributed by atoms with Gasteiger partial charge in [0.1, 0.15) is 0 Å². The molecule has 2 N–H and O–H groups in total. The second kappa shape index (κ2) is 4.30. The van der Waals surface area contributed by atoms with Gasteiger partial charge in [0.2, 0.25) is 5.91 Å². The second-order valence-corrected chi connectivity index (χ2v) is 4.84. The van der Waals surface area contributed by atoms with Gasteiger partial charge in [-0.25, -0.2) is 0 Å². The van der Waals surface area contributed by atoms with Crippen LogP contribution in [-0.2, 0) is 4.79 Å². The fourth-order valence-electron chi connectivity index (χ4n) is 2.14. The summed E-state index contributed by atoms with van der Waals surface area (Å²) in [4.78, 5) is 11.4. The Balaban J connectivity index is 1.59. The van der Waals surface area contributed by atoms with Crippen molar-refractivity contribution in [1.82, 2.24) is 10.6 Å². The Morgan fingerprint density at radius 3 is 2.50 bits per heavy atom. The van der Waals surface area contributed by atoms with Gasteiger partial charge in [-0.15, -0.1) is 0 Å². The van der Waals surface area contributed by atoms with Crippen LogP contribution in [-0.4, -0.2) is 24.5 Å². The highest BCUT2D eigenvalue weighted by atomic mass is 16.2. The smallest absolute Gasteiger partial charge is 0.234 e. The lowest BCUT2D eigenvalue weighted by molar-refractivity contribution is -0.120. The van der Waals surface area contributed by atoms with E-state index in [-0.39, 0.29) is 5.91 Å². The Labute approximate surface area is 85.6 Å². The molecular weight excluding hydrogens is 176 g/mol. The molecule has 80 valence electrons. The number of carbonyl (C=O) groups excluding carboxylic acids is 1. The molecule has 2 unspecified atom stereocenters. The molecule has 2 saturated carbocycles. The summed E-state index contributed by atoms with van der Waals surface area (Å²) in [5.41, 5.74) is 0. The van der Waals surface area contributed by atoms with Crippen LogP contribution < -0.4 is 10.6 Å². The van der Waals surface area contributed by atoms with Gasteiger partial charge < -0.3 is 10.6 Å². The quantitative estimate of drug-likeness (QED) is 0.705. The minimum Gasteiger partial charge on any atom is -0.352 e. The maximum atomic E-state index is 11.4. The van der Waals surface area contributed by atoms with E-state index in [9.17, 15) is 4.79 Å². The van der Waals surface area contributed by atoms with Gasteiger partial charge in [0.25, 0.3) is 0 Å². The first-order valence-electron chi connectivity index (χ1n) is 5.77. The summed E-state index contributed by atoms with van der Waals surface area (Å²) in [6.45, 7) is 2.79. The molecule has 1 amide bonds. The van der Waals surface area contributed by atoms with E-state index in [0.717, 1.165) is 5.92 Å². The maximum absolute atomic E-state index is 11.4. The standard InChI is InChI=1S/C11H20N2O/c1-8-2-3-10(6-8)12-7-11(14)13-9-4-5-9/h8-10,12H,2-7H2,1H3,(H,13,14). The van der Waals surface area contributed by atoms with E-state index in [1.165, 1.54) is 32.1 Å². The van der Waals surface area contributed by atoms with Crippen LogP contribution in [0.15, 0.2) is 0 Å². The van der Waals surface area contributed by atoms with E-state index in [2.05, 4.69) is 17.6 Å². The average Bonchev–Trinajstić information content (AvgIpc) is 2.85. The number of hydrogen-bond acceptors (Lipinski definition) is 2. The van der Waals surface area contributed by atoms with Crippen LogP contribution in [0.2, 0.25) is 0 Å². The molecule has 3 heteroatoms. The van der Waals surface area contributed by atoms with Crippen molar-refractivity contribution in [3.8, 4) is 0 Å². The van der Waals surface area contributed by atoms with Gasteiger partial charge in [0.05, 0.1) is 6.54 Å². The predicted octanol–water partition coefficient (Wildman–Crippen LogP) is 1.04.